The molecule has 0 saturated carbocycles. The zero-order chi connectivity index (χ0) is 17.5. The Morgan fingerprint density at radius 2 is 1.96 bits per heavy atom. The van der Waals surface area contributed by atoms with Gasteiger partial charge in [-0.15, -0.1) is 0 Å². The van der Waals surface area contributed by atoms with Crippen molar-refractivity contribution in [3.63, 3.8) is 0 Å². The number of anilines is 1. The number of aryl methyl sites for hydroxylation is 2. The Hall–Kier alpha value is -2.83. The van der Waals surface area contributed by atoms with Gasteiger partial charge in [0.25, 0.3) is 0 Å². The Kier molecular flexibility index (Phi) is 5.95. The van der Waals surface area contributed by atoms with E-state index in [1.165, 1.54) is 4.68 Å². The molecule has 2 aromatic rings. The van der Waals surface area contributed by atoms with Crippen molar-refractivity contribution in [3.8, 4) is 0 Å². The summed E-state index contributed by atoms with van der Waals surface area (Å²) in [5.74, 6) is -0.607. The monoisotopic (exact) mass is 331 g/mol. The second kappa shape index (κ2) is 8.14. The standard InChI is InChI=1S/C17H21N3O4/c1-4-23-16(21)14(11-20-10-6-9-18-20)24-17(22)19-15-12(2)7-5-8-13(15)3/h5-10,14H,4,11H2,1-3H3,(H,19,22). The summed E-state index contributed by atoms with van der Waals surface area (Å²) in [5.41, 5.74) is 2.49. The van der Waals surface area contributed by atoms with Crippen LogP contribution in [-0.2, 0) is 20.8 Å². The van der Waals surface area contributed by atoms with Gasteiger partial charge in [0.1, 0.15) is 0 Å². The first-order valence-corrected chi connectivity index (χ1v) is 7.69. The second-order valence-corrected chi connectivity index (χ2v) is 5.27. The molecule has 0 saturated heterocycles. The lowest BCUT2D eigenvalue weighted by Crippen LogP contribution is -2.35. The molecule has 0 aliphatic carbocycles. The fourth-order valence-corrected chi connectivity index (χ4v) is 2.25. The molecule has 0 bridgehead atoms. The van der Waals surface area contributed by atoms with Crippen molar-refractivity contribution in [1.82, 2.24) is 9.78 Å². The first kappa shape index (κ1) is 17.5. The van der Waals surface area contributed by atoms with Gasteiger partial charge in [0.2, 0.25) is 6.10 Å². The highest BCUT2D eigenvalue weighted by Crippen LogP contribution is 2.19. The highest BCUT2D eigenvalue weighted by molar-refractivity contribution is 5.89. The lowest BCUT2D eigenvalue weighted by Gasteiger charge is -2.18. The fourth-order valence-electron chi connectivity index (χ4n) is 2.25. The summed E-state index contributed by atoms with van der Waals surface area (Å²) >= 11 is 0. The van der Waals surface area contributed by atoms with Gasteiger partial charge in [-0.25, -0.2) is 9.59 Å². The van der Waals surface area contributed by atoms with Crippen molar-refractivity contribution in [2.75, 3.05) is 11.9 Å². The van der Waals surface area contributed by atoms with Crippen LogP contribution < -0.4 is 5.32 Å². The minimum Gasteiger partial charge on any atom is -0.463 e. The smallest absolute Gasteiger partial charge is 0.412 e. The molecule has 0 spiro atoms. The molecule has 1 heterocycles. The third kappa shape index (κ3) is 4.58. The number of carbonyl (C=O) groups excluding carboxylic acids is 2. The summed E-state index contributed by atoms with van der Waals surface area (Å²) in [6.07, 6.45) is 1.48. The number of hydrogen-bond acceptors (Lipinski definition) is 5. The van der Waals surface area contributed by atoms with E-state index in [0.717, 1.165) is 11.1 Å². The maximum atomic E-state index is 12.2. The van der Waals surface area contributed by atoms with Gasteiger partial charge in [0.15, 0.2) is 0 Å². The molecule has 1 amide bonds. The Morgan fingerprint density at radius 1 is 1.25 bits per heavy atom. The van der Waals surface area contributed by atoms with Crippen LogP contribution in [0.3, 0.4) is 0 Å². The van der Waals surface area contributed by atoms with Crippen LogP contribution >= 0.6 is 0 Å². The molecular formula is C17H21N3O4. The van der Waals surface area contributed by atoms with Crippen molar-refractivity contribution < 1.29 is 19.1 Å². The average Bonchev–Trinajstić information content (AvgIpc) is 3.04. The van der Waals surface area contributed by atoms with Crippen molar-refractivity contribution in [3.05, 3.63) is 47.8 Å². The number of amides is 1. The molecule has 0 aliphatic rings. The van der Waals surface area contributed by atoms with E-state index in [1.54, 1.807) is 25.4 Å². The molecule has 1 N–H and O–H groups in total. The van der Waals surface area contributed by atoms with Gasteiger partial charge in [-0.05, 0) is 38.0 Å². The van der Waals surface area contributed by atoms with Gasteiger partial charge in [0.05, 0.1) is 13.2 Å². The molecule has 128 valence electrons. The summed E-state index contributed by atoms with van der Waals surface area (Å²) in [7, 11) is 0. The molecule has 24 heavy (non-hydrogen) atoms. The summed E-state index contributed by atoms with van der Waals surface area (Å²) in [4.78, 5) is 24.2. The van der Waals surface area contributed by atoms with Crippen LogP contribution in [0.25, 0.3) is 0 Å². The summed E-state index contributed by atoms with van der Waals surface area (Å²) in [5, 5.41) is 6.70. The predicted octanol–water partition coefficient (Wildman–Crippen LogP) is 2.68. The lowest BCUT2D eigenvalue weighted by molar-refractivity contribution is -0.153. The maximum Gasteiger partial charge on any atom is 0.412 e. The van der Waals surface area contributed by atoms with E-state index in [1.807, 2.05) is 32.0 Å². The molecule has 2 rings (SSSR count). The Bertz CT molecular complexity index is 678. The first-order chi connectivity index (χ1) is 11.5. The molecule has 1 unspecified atom stereocenters. The Morgan fingerprint density at radius 3 is 2.54 bits per heavy atom. The van der Waals surface area contributed by atoms with Crippen LogP contribution in [0.4, 0.5) is 10.5 Å². The normalized spacial score (nSPS) is 11.6. The molecule has 1 aromatic carbocycles. The van der Waals surface area contributed by atoms with E-state index in [0.29, 0.717) is 5.69 Å². The number of nitrogens with zero attached hydrogens (tertiary/aromatic N) is 2. The first-order valence-electron chi connectivity index (χ1n) is 7.69. The van der Waals surface area contributed by atoms with E-state index in [-0.39, 0.29) is 13.2 Å². The van der Waals surface area contributed by atoms with Crippen LogP contribution in [0.15, 0.2) is 36.7 Å². The molecule has 0 fully saturated rings. The quantitative estimate of drug-likeness (QED) is 0.823. The van der Waals surface area contributed by atoms with Gasteiger partial charge in [-0.3, -0.25) is 10.00 Å². The fraction of sp³-hybridized carbons (Fsp3) is 0.353. The average molecular weight is 331 g/mol. The SMILES string of the molecule is CCOC(=O)C(Cn1cccn1)OC(=O)Nc1c(C)cccc1C. The number of hydrogen-bond donors (Lipinski definition) is 1. The third-order valence-electron chi connectivity index (χ3n) is 3.42. The van der Waals surface area contributed by atoms with E-state index in [4.69, 9.17) is 9.47 Å². The van der Waals surface area contributed by atoms with Crippen molar-refractivity contribution >= 4 is 17.7 Å². The second-order valence-electron chi connectivity index (χ2n) is 5.27. The number of rotatable bonds is 6. The topological polar surface area (TPSA) is 82.5 Å². The lowest BCUT2D eigenvalue weighted by atomic mass is 10.1. The van der Waals surface area contributed by atoms with E-state index in [2.05, 4.69) is 10.4 Å². The van der Waals surface area contributed by atoms with Crippen molar-refractivity contribution in [2.24, 2.45) is 0 Å². The number of nitrogens with one attached hydrogen (secondary N) is 1. The van der Waals surface area contributed by atoms with Gasteiger partial charge in [-0.1, -0.05) is 18.2 Å². The van der Waals surface area contributed by atoms with Crippen LogP contribution in [0.5, 0.6) is 0 Å². The molecule has 0 radical (unpaired) electrons. The van der Waals surface area contributed by atoms with Crippen LogP contribution in [0, 0.1) is 13.8 Å². The van der Waals surface area contributed by atoms with E-state index < -0.39 is 18.2 Å². The van der Waals surface area contributed by atoms with Gasteiger partial charge in [-0.2, -0.15) is 5.10 Å². The molecular weight excluding hydrogens is 310 g/mol. The zero-order valence-corrected chi connectivity index (χ0v) is 14.0. The zero-order valence-electron chi connectivity index (χ0n) is 14.0. The van der Waals surface area contributed by atoms with Gasteiger partial charge < -0.3 is 9.47 Å². The minimum atomic E-state index is -1.07. The van der Waals surface area contributed by atoms with E-state index >= 15 is 0 Å². The summed E-state index contributed by atoms with van der Waals surface area (Å²) in [6, 6.07) is 7.39. The minimum absolute atomic E-state index is 0.0893. The van der Waals surface area contributed by atoms with Crippen molar-refractivity contribution in [2.45, 2.75) is 33.4 Å². The third-order valence-corrected chi connectivity index (χ3v) is 3.42. The van der Waals surface area contributed by atoms with E-state index in [9.17, 15) is 9.59 Å². The number of esters is 1. The van der Waals surface area contributed by atoms with Crippen LogP contribution in [0.1, 0.15) is 18.1 Å². The highest BCUT2D eigenvalue weighted by Gasteiger charge is 2.25. The summed E-state index contributed by atoms with van der Waals surface area (Å²) in [6.45, 7) is 5.76. The Balaban J connectivity index is 2.07. The molecule has 1 atom stereocenters. The molecule has 1 aromatic heterocycles. The predicted molar refractivity (Wildman–Crippen MR) is 88.7 cm³/mol. The largest absolute Gasteiger partial charge is 0.463 e. The maximum absolute atomic E-state index is 12.2. The number of carbonyl (C=O) groups is 2. The van der Waals surface area contributed by atoms with Crippen LogP contribution in [-0.4, -0.2) is 34.6 Å². The van der Waals surface area contributed by atoms with Crippen molar-refractivity contribution in [1.29, 1.82) is 0 Å². The van der Waals surface area contributed by atoms with Crippen LogP contribution in [0.2, 0.25) is 0 Å². The molecule has 7 heteroatoms. The number of aromatic nitrogens is 2. The van der Waals surface area contributed by atoms with Gasteiger partial charge >= 0.3 is 12.1 Å². The van der Waals surface area contributed by atoms with Gasteiger partial charge in [0, 0.05) is 18.1 Å². The number of ether oxygens (including phenoxy) is 2. The number of para-hydroxylation sites is 1. The number of benzene rings is 1. The summed E-state index contributed by atoms with van der Waals surface area (Å²) < 4.78 is 11.7. The highest BCUT2D eigenvalue weighted by atomic mass is 16.6. The Labute approximate surface area is 140 Å². The molecule has 0 aliphatic heterocycles. The molecule has 7 nitrogen and oxygen atoms in total.